The van der Waals surface area contributed by atoms with Gasteiger partial charge >= 0.3 is 0 Å². The topological polar surface area (TPSA) is 62.0 Å². The zero-order valence-electron chi connectivity index (χ0n) is 12.1. The number of benzene rings is 2. The lowest BCUT2D eigenvalue weighted by Gasteiger charge is -2.09. The lowest BCUT2D eigenvalue weighted by atomic mass is 10.1. The Morgan fingerprint density at radius 1 is 1.17 bits per heavy atom. The van der Waals surface area contributed by atoms with Crippen LogP contribution < -0.4 is 10.9 Å². The van der Waals surface area contributed by atoms with Crippen LogP contribution >= 0.6 is 27.5 Å². The molecule has 0 unspecified atom stereocenters. The minimum atomic E-state index is -0.362. The number of aryl methyl sites for hydroxylation is 1. The number of aromatic nitrogens is 1. The van der Waals surface area contributed by atoms with Crippen molar-refractivity contribution in [1.82, 2.24) is 4.98 Å². The van der Waals surface area contributed by atoms with Crippen LogP contribution in [0.2, 0.25) is 5.02 Å². The summed E-state index contributed by atoms with van der Waals surface area (Å²) in [6.45, 7) is 1.88. The van der Waals surface area contributed by atoms with E-state index in [2.05, 4.69) is 26.2 Å². The van der Waals surface area contributed by atoms with Gasteiger partial charge in [0.15, 0.2) is 0 Å². The normalized spacial score (nSPS) is 10.7. The number of rotatable bonds is 2. The molecule has 1 amide bonds. The second-order valence-corrected chi connectivity index (χ2v) is 6.48. The molecule has 2 aromatic carbocycles. The molecule has 0 aliphatic rings. The zero-order valence-corrected chi connectivity index (χ0v) is 14.5. The third-order valence-corrected chi connectivity index (χ3v) is 4.38. The quantitative estimate of drug-likeness (QED) is 0.675. The highest BCUT2D eigenvalue weighted by Gasteiger charge is 2.13. The van der Waals surface area contributed by atoms with Gasteiger partial charge in [0.05, 0.1) is 5.56 Å². The SMILES string of the molecule is Cc1ccc(NC(=O)c2cc(=O)[nH]c3ccc(Br)cc23)cc1Cl. The van der Waals surface area contributed by atoms with Gasteiger partial charge in [-0.1, -0.05) is 33.6 Å². The van der Waals surface area contributed by atoms with Crippen molar-refractivity contribution in [3.63, 3.8) is 0 Å². The molecule has 4 nitrogen and oxygen atoms in total. The molecule has 23 heavy (non-hydrogen) atoms. The first-order valence-electron chi connectivity index (χ1n) is 6.84. The number of nitrogens with one attached hydrogen (secondary N) is 2. The Labute approximate surface area is 145 Å². The van der Waals surface area contributed by atoms with E-state index >= 15 is 0 Å². The van der Waals surface area contributed by atoms with Gasteiger partial charge in [0.2, 0.25) is 5.56 Å². The summed E-state index contributed by atoms with van der Waals surface area (Å²) in [5.74, 6) is -0.362. The third-order valence-electron chi connectivity index (χ3n) is 3.48. The Hall–Kier alpha value is -2.11. The summed E-state index contributed by atoms with van der Waals surface area (Å²) in [6, 6.07) is 11.9. The van der Waals surface area contributed by atoms with Crippen molar-refractivity contribution in [3.8, 4) is 0 Å². The smallest absolute Gasteiger partial charge is 0.256 e. The van der Waals surface area contributed by atoms with E-state index < -0.39 is 0 Å². The fraction of sp³-hybridized carbons (Fsp3) is 0.0588. The van der Waals surface area contributed by atoms with Crippen molar-refractivity contribution in [2.75, 3.05) is 5.32 Å². The first-order chi connectivity index (χ1) is 10.9. The minimum absolute atomic E-state index is 0.307. The van der Waals surface area contributed by atoms with E-state index in [4.69, 9.17) is 11.6 Å². The highest BCUT2D eigenvalue weighted by molar-refractivity contribution is 9.10. The highest BCUT2D eigenvalue weighted by atomic mass is 79.9. The number of pyridine rings is 1. The van der Waals surface area contributed by atoms with E-state index in [1.54, 1.807) is 30.3 Å². The average molecular weight is 392 g/mol. The molecule has 116 valence electrons. The van der Waals surface area contributed by atoms with Gasteiger partial charge in [0, 0.05) is 32.2 Å². The molecule has 0 saturated heterocycles. The molecule has 3 rings (SSSR count). The molecule has 1 heterocycles. The summed E-state index contributed by atoms with van der Waals surface area (Å²) in [5.41, 5.74) is 2.09. The largest absolute Gasteiger partial charge is 0.322 e. The predicted octanol–water partition coefficient (Wildman–Crippen LogP) is 4.50. The average Bonchev–Trinajstić information content (AvgIpc) is 2.50. The second kappa shape index (κ2) is 6.18. The number of halogens is 2. The standard InChI is InChI=1S/C17H12BrClN2O2/c1-9-2-4-11(7-14(9)19)20-17(23)13-8-16(22)21-15-5-3-10(18)6-12(13)15/h2-8H,1H3,(H,20,23)(H,21,22). The van der Waals surface area contributed by atoms with Gasteiger partial charge in [-0.2, -0.15) is 0 Å². The molecule has 0 spiro atoms. The summed E-state index contributed by atoms with van der Waals surface area (Å²) in [7, 11) is 0. The lowest BCUT2D eigenvalue weighted by Crippen LogP contribution is -2.17. The molecule has 6 heteroatoms. The van der Waals surface area contributed by atoms with E-state index in [0.717, 1.165) is 10.0 Å². The van der Waals surface area contributed by atoms with Gasteiger partial charge in [-0.25, -0.2) is 0 Å². The van der Waals surface area contributed by atoms with Crippen molar-refractivity contribution in [3.05, 3.63) is 73.4 Å². The molecule has 0 aliphatic heterocycles. The van der Waals surface area contributed by atoms with Crippen molar-refractivity contribution < 1.29 is 4.79 Å². The molecule has 0 fully saturated rings. The van der Waals surface area contributed by atoms with Crippen LogP contribution in [-0.2, 0) is 0 Å². The second-order valence-electron chi connectivity index (χ2n) is 5.16. The molecule has 2 N–H and O–H groups in total. The first kappa shape index (κ1) is 15.8. The van der Waals surface area contributed by atoms with E-state index in [9.17, 15) is 9.59 Å². The molecule has 3 aromatic rings. The van der Waals surface area contributed by atoms with Crippen molar-refractivity contribution in [2.45, 2.75) is 6.92 Å². The number of amides is 1. The molecule has 0 aliphatic carbocycles. The maximum Gasteiger partial charge on any atom is 0.256 e. The number of carbonyl (C=O) groups is 1. The summed E-state index contributed by atoms with van der Waals surface area (Å²) in [6.07, 6.45) is 0. The van der Waals surface area contributed by atoms with Gasteiger partial charge < -0.3 is 10.3 Å². The monoisotopic (exact) mass is 390 g/mol. The molecular weight excluding hydrogens is 380 g/mol. The maximum atomic E-state index is 12.6. The number of carbonyl (C=O) groups excluding carboxylic acids is 1. The lowest BCUT2D eigenvalue weighted by molar-refractivity contribution is 0.102. The zero-order chi connectivity index (χ0) is 16.6. The molecular formula is C17H12BrClN2O2. The number of fused-ring (bicyclic) bond motifs is 1. The van der Waals surface area contributed by atoms with Crippen LogP contribution in [-0.4, -0.2) is 10.9 Å². The number of aromatic amines is 1. The van der Waals surface area contributed by atoms with E-state index in [1.165, 1.54) is 6.07 Å². The van der Waals surface area contributed by atoms with Crippen LogP contribution in [0.15, 0.2) is 51.7 Å². The van der Waals surface area contributed by atoms with Gasteiger partial charge in [0.25, 0.3) is 5.91 Å². The fourth-order valence-corrected chi connectivity index (χ4v) is 2.82. The summed E-state index contributed by atoms with van der Waals surface area (Å²) in [5, 5.41) is 4.01. The molecule has 0 saturated carbocycles. The minimum Gasteiger partial charge on any atom is -0.322 e. The molecule has 0 atom stereocenters. The highest BCUT2D eigenvalue weighted by Crippen LogP contribution is 2.23. The van der Waals surface area contributed by atoms with E-state index in [1.807, 2.05) is 13.0 Å². The van der Waals surface area contributed by atoms with Gasteiger partial charge in [-0.05, 0) is 42.8 Å². The summed E-state index contributed by atoms with van der Waals surface area (Å²) in [4.78, 5) is 27.1. The van der Waals surface area contributed by atoms with Crippen molar-refractivity contribution >= 4 is 50.0 Å². The first-order valence-corrected chi connectivity index (χ1v) is 8.01. The van der Waals surface area contributed by atoms with Crippen LogP contribution in [0, 0.1) is 6.92 Å². The van der Waals surface area contributed by atoms with Crippen LogP contribution in [0.1, 0.15) is 15.9 Å². The Kier molecular flexibility index (Phi) is 4.24. The Morgan fingerprint density at radius 2 is 1.96 bits per heavy atom. The number of H-pyrrole nitrogens is 1. The maximum absolute atomic E-state index is 12.6. The Morgan fingerprint density at radius 3 is 2.70 bits per heavy atom. The fourth-order valence-electron chi connectivity index (χ4n) is 2.28. The van der Waals surface area contributed by atoms with Gasteiger partial charge in [-0.15, -0.1) is 0 Å². The van der Waals surface area contributed by atoms with Crippen LogP contribution in [0.4, 0.5) is 5.69 Å². The summed E-state index contributed by atoms with van der Waals surface area (Å²) >= 11 is 9.45. The molecule has 0 bridgehead atoms. The predicted molar refractivity (Wildman–Crippen MR) is 96.4 cm³/mol. The van der Waals surface area contributed by atoms with Gasteiger partial charge in [-0.3, -0.25) is 9.59 Å². The van der Waals surface area contributed by atoms with Crippen molar-refractivity contribution in [2.24, 2.45) is 0 Å². The van der Waals surface area contributed by atoms with Crippen LogP contribution in [0.25, 0.3) is 10.9 Å². The van der Waals surface area contributed by atoms with Crippen LogP contribution in [0.3, 0.4) is 0 Å². The van der Waals surface area contributed by atoms with E-state index in [-0.39, 0.29) is 11.5 Å². The third kappa shape index (κ3) is 3.30. The molecule has 1 aromatic heterocycles. The van der Waals surface area contributed by atoms with Gasteiger partial charge in [0.1, 0.15) is 0 Å². The van der Waals surface area contributed by atoms with Crippen molar-refractivity contribution in [1.29, 1.82) is 0 Å². The molecule has 0 radical (unpaired) electrons. The Balaban J connectivity index is 2.05. The van der Waals surface area contributed by atoms with E-state index in [0.29, 0.717) is 27.2 Å². The number of hydrogen-bond acceptors (Lipinski definition) is 2. The van der Waals surface area contributed by atoms with Crippen LogP contribution in [0.5, 0.6) is 0 Å². The number of hydrogen-bond donors (Lipinski definition) is 2. The number of anilines is 1. The summed E-state index contributed by atoms with van der Waals surface area (Å²) < 4.78 is 0.824. The Bertz CT molecular complexity index is 982.